The lowest BCUT2D eigenvalue weighted by Crippen LogP contribution is -2.53. The molecule has 0 saturated carbocycles. The second kappa shape index (κ2) is 7.70. The standard InChI is InChI=1S/C13H18BrN3O4S/c1-8(2)12(13(19)16-15-9(3)18)17-22(20,21)11-6-4-10(14)5-7-11/h4-8,12,17H,1-3H3,(H,15,18)(H,16,19). The van der Waals surface area contributed by atoms with E-state index in [-0.39, 0.29) is 10.8 Å². The fourth-order valence-corrected chi connectivity index (χ4v) is 3.18. The Balaban J connectivity index is 2.92. The Labute approximate surface area is 138 Å². The highest BCUT2D eigenvalue weighted by Crippen LogP contribution is 2.16. The maximum Gasteiger partial charge on any atom is 0.256 e. The van der Waals surface area contributed by atoms with Crippen molar-refractivity contribution >= 4 is 37.8 Å². The summed E-state index contributed by atoms with van der Waals surface area (Å²) in [5.74, 6) is -1.39. The summed E-state index contributed by atoms with van der Waals surface area (Å²) >= 11 is 3.22. The van der Waals surface area contributed by atoms with Crippen LogP contribution in [0.3, 0.4) is 0 Å². The number of hydrazine groups is 1. The van der Waals surface area contributed by atoms with Gasteiger partial charge < -0.3 is 0 Å². The lowest BCUT2D eigenvalue weighted by atomic mass is 10.1. The zero-order chi connectivity index (χ0) is 16.9. The molecule has 0 bridgehead atoms. The Morgan fingerprint density at radius 2 is 1.64 bits per heavy atom. The molecule has 0 saturated heterocycles. The molecule has 0 aliphatic rings. The molecule has 2 amide bonds. The zero-order valence-corrected chi connectivity index (χ0v) is 14.8. The Kier molecular flexibility index (Phi) is 6.51. The van der Waals surface area contributed by atoms with E-state index in [1.165, 1.54) is 19.1 Å². The summed E-state index contributed by atoms with van der Waals surface area (Å²) in [5, 5.41) is 0. The van der Waals surface area contributed by atoms with Gasteiger partial charge in [-0.05, 0) is 30.2 Å². The molecule has 0 aliphatic heterocycles. The molecule has 0 aromatic heterocycles. The van der Waals surface area contributed by atoms with Crippen LogP contribution in [0.4, 0.5) is 0 Å². The first-order valence-electron chi connectivity index (χ1n) is 6.48. The molecule has 1 unspecified atom stereocenters. The molecule has 22 heavy (non-hydrogen) atoms. The molecular formula is C13H18BrN3O4S. The molecule has 7 nitrogen and oxygen atoms in total. The third-order valence-corrected chi connectivity index (χ3v) is 4.70. The van der Waals surface area contributed by atoms with E-state index in [9.17, 15) is 18.0 Å². The van der Waals surface area contributed by atoms with E-state index < -0.39 is 27.9 Å². The molecule has 1 atom stereocenters. The number of sulfonamides is 1. The first-order chi connectivity index (χ1) is 10.1. The van der Waals surface area contributed by atoms with E-state index in [2.05, 4.69) is 31.5 Å². The number of amides is 2. The van der Waals surface area contributed by atoms with E-state index in [0.717, 1.165) is 4.47 Å². The summed E-state index contributed by atoms with van der Waals surface area (Å²) < 4.78 is 27.7. The highest BCUT2D eigenvalue weighted by molar-refractivity contribution is 9.10. The number of nitrogens with one attached hydrogen (secondary N) is 3. The maximum absolute atomic E-state index is 12.3. The first-order valence-corrected chi connectivity index (χ1v) is 8.75. The van der Waals surface area contributed by atoms with Crippen LogP contribution < -0.4 is 15.6 Å². The van der Waals surface area contributed by atoms with Crippen LogP contribution in [0.2, 0.25) is 0 Å². The summed E-state index contributed by atoms with van der Waals surface area (Å²) in [5.41, 5.74) is 4.31. The first kappa shape index (κ1) is 18.6. The molecule has 0 fully saturated rings. The van der Waals surface area contributed by atoms with Crippen LogP contribution in [-0.4, -0.2) is 26.3 Å². The highest BCUT2D eigenvalue weighted by Gasteiger charge is 2.28. The van der Waals surface area contributed by atoms with E-state index in [0.29, 0.717) is 0 Å². The average molecular weight is 392 g/mol. The number of benzene rings is 1. The third-order valence-electron chi connectivity index (χ3n) is 2.72. The Morgan fingerprint density at radius 1 is 1.09 bits per heavy atom. The summed E-state index contributed by atoms with van der Waals surface area (Å²) in [7, 11) is -3.85. The van der Waals surface area contributed by atoms with Gasteiger partial charge >= 0.3 is 0 Å². The van der Waals surface area contributed by atoms with Gasteiger partial charge in [-0.1, -0.05) is 29.8 Å². The number of rotatable bonds is 5. The number of hydrogen-bond acceptors (Lipinski definition) is 4. The Bertz CT molecular complexity index is 644. The minimum atomic E-state index is -3.85. The fraction of sp³-hybridized carbons (Fsp3) is 0.385. The lowest BCUT2D eigenvalue weighted by molar-refractivity contribution is -0.129. The van der Waals surface area contributed by atoms with Gasteiger partial charge in [0.1, 0.15) is 6.04 Å². The normalized spacial score (nSPS) is 12.8. The van der Waals surface area contributed by atoms with E-state index in [1.54, 1.807) is 26.0 Å². The molecule has 0 spiro atoms. The van der Waals surface area contributed by atoms with Gasteiger partial charge in [0, 0.05) is 11.4 Å². The van der Waals surface area contributed by atoms with Gasteiger partial charge in [-0.2, -0.15) is 4.72 Å². The van der Waals surface area contributed by atoms with Crippen molar-refractivity contribution in [1.82, 2.24) is 15.6 Å². The minimum absolute atomic E-state index is 0.0497. The molecule has 1 aromatic carbocycles. The second-order valence-corrected chi connectivity index (χ2v) is 7.60. The quantitative estimate of drug-likeness (QED) is 0.648. The molecule has 1 aromatic rings. The molecular weight excluding hydrogens is 374 g/mol. The predicted octanol–water partition coefficient (Wildman–Crippen LogP) is 0.919. The van der Waals surface area contributed by atoms with Gasteiger partial charge in [0.15, 0.2) is 0 Å². The van der Waals surface area contributed by atoms with Crippen molar-refractivity contribution in [2.45, 2.75) is 31.7 Å². The summed E-state index contributed by atoms with van der Waals surface area (Å²) in [6, 6.07) is 5.03. The Morgan fingerprint density at radius 3 is 2.09 bits per heavy atom. The summed E-state index contributed by atoms with van der Waals surface area (Å²) in [4.78, 5) is 22.9. The van der Waals surface area contributed by atoms with Crippen molar-refractivity contribution in [2.75, 3.05) is 0 Å². The van der Waals surface area contributed by atoms with Crippen LogP contribution in [0.15, 0.2) is 33.6 Å². The van der Waals surface area contributed by atoms with Crippen LogP contribution in [0.25, 0.3) is 0 Å². The monoisotopic (exact) mass is 391 g/mol. The second-order valence-electron chi connectivity index (χ2n) is 4.97. The predicted molar refractivity (Wildman–Crippen MR) is 85.0 cm³/mol. The molecule has 122 valence electrons. The molecule has 3 N–H and O–H groups in total. The Hall–Kier alpha value is -1.45. The van der Waals surface area contributed by atoms with Crippen molar-refractivity contribution in [2.24, 2.45) is 5.92 Å². The van der Waals surface area contributed by atoms with Gasteiger partial charge in [-0.15, -0.1) is 0 Å². The SMILES string of the molecule is CC(=O)NNC(=O)C(NS(=O)(=O)c1ccc(Br)cc1)C(C)C. The van der Waals surface area contributed by atoms with Crippen molar-refractivity contribution in [3.8, 4) is 0 Å². The average Bonchev–Trinajstić information content (AvgIpc) is 2.42. The number of carbonyl (C=O) groups excluding carboxylic acids is 2. The smallest absolute Gasteiger partial charge is 0.256 e. The highest BCUT2D eigenvalue weighted by atomic mass is 79.9. The van der Waals surface area contributed by atoms with Gasteiger partial charge in [-0.3, -0.25) is 20.4 Å². The molecule has 1 rings (SSSR count). The zero-order valence-electron chi connectivity index (χ0n) is 12.4. The van der Waals surface area contributed by atoms with E-state index >= 15 is 0 Å². The number of carbonyl (C=O) groups is 2. The largest absolute Gasteiger partial charge is 0.274 e. The molecule has 0 radical (unpaired) electrons. The topological polar surface area (TPSA) is 104 Å². The van der Waals surface area contributed by atoms with Gasteiger partial charge in [0.2, 0.25) is 15.9 Å². The molecule has 9 heteroatoms. The van der Waals surface area contributed by atoms with E-state index in [4.69, 9.17) is 0 Å². The van der Waals surface area contributed by atoms with Crippen molar-refractivity contribution in [1.29, 1.82) is 0 Å². The summed E-state index contributed by atoms with van der Waals surface area (Å²) in [6.45, 7) is 4.63. The van der Waals surface area contributed by atoms with Crippen LogP contribution in [0.1, 0.15) is 20.8 Å². The number of hydrogen-bond donors (Lipinski definition) is 3. The van der Waals surface area contributed by atoms with Gasteiger partial charge in [0.05, 0.1) is 4.90 Å². The maximum atomic E-state index is 12.3. The minimum Gasteiger partial charge on any atom is -0.274 e. The van der Waals surface area contributed by atoms with Crippen LogP contribution in [0, 0.1) is 5.92 Å². The van der Waals surface area contributed by atoms with Crippen LogP contribution in [0.5, 0.6) is 0 Å². The van der Waals surface area contributed by atoms with Crippen molar-refractivity contribution in [3.05, 3.63) is 28.7 Å². The van der Waals surface area contributed by atoms with Gasteiger partial charge in [0.25, 0.3) is 5.91 Å². The van der Waals surface area contributed by atoms with Crippen molar-refractivity contribution < 1.29 is 18.0 Å². The lowest BCUT2D eigenvalue weighted by Gasteiger charge is -2.21. The van der Waals surface area contributed by atoms with E-state index in [1.807, 2.05) is 0 Å². The summed E-state index contributed by atoms with van der Waals surface area (Å²) in [6.07, 6.45) is 0. The number of halogens is 1. The third kappa shape index (κ3) is 5.39. The van der Waals surface area contributed by atoms with Gasteiger partial charge in [-0.25, -0.2) is 8.42 Å². The fourth-order valence-electron chi connectivity index (χ4n) is 1.57. The van der Waals surface area contributed by atoms with Crippen LogP contribution in [-0.2, 0) is 19.6 Å². The molecule has 0 heterocycles. The van der Waals surface area contributed by atoms with Crippen LogP contribution >= 0.6 is 15.9 Å². The molecule has 0 aliphatic carbocycles. The van der Waals surface area contributed by atoms with Crippen molar-refractivity contribution in [3.63, 3.8) is 0 Å².